The Morgan fingerprint density at radius 3 is 2.94 bits per heavy atom. The zero-order valence-electron chi connectivity index (χ0n) is 9.96. The number of hydrogen-bond acceptors (Lipinski definition) is 2. The molecule has 3 heteroatoms. The Hall–Kier alpha value is -0.930. The van der Waals surface area contributed by atoms with Gasteiger partial charge in [-0.3, -0.25) is 4.90 Å². The Kier molecular flexibility index (Phi) is 3.26. The first-order valence-electron chi connectivity index (χ1n) is 5.82. The fraction of sp³-hybridized carbons (Fsp3) is 0.538. The van der Waals surface area contributed by atoms with E-state index in [0.29, 0.717) is 6.54 Å². The van der Waals surface area contributed by atoms with Crippen LogP contribution < -0.4 is 5.73 Å². The zero-order valence-corrected chi connectivity index (χ0v) is 9.96. The van der Waals surface area contributed by atoms with Crippen molar-refractivity contribution in [2.45, 2.75) is 25.8 Å². The Morgan fingerprint density at radius 2 is 2.25 bits per heavy atom. The zero-order chi connectivity index (χ0) is 11.7. The molecule has 1 aliphatic rings. The second kappa shape index (κ2) is 4.52. The van der Waals surface area contributed by atoms with Crippen molar-refractivity contribution < 1.29 is 4.39 Å². The number of rotatable bonds is 2. The fourth-order valence-electron chi connectivity index (χ4n) is 2.51. The van der Waals surface area contributed by atoms with Crippen molar-refractivity contribution in [3.05, 3.63) is 34.6 Å². The number of likely N-dealkylation sites (N-methyl/N-ethyl adjacent to an activating group) is 1. The van der Waals surface area contributed by atoms with E-state index in [1.807, 2.05) is 13.0 Å². The lowest BCUT2D eigenvalue weighted by Gasteiger charge is -2.34. The molecule has 0 radical (unpaired) electrons. The third-order valence-electron chi connectivity index (χ3n) is 3.49. The first-order valence-corrected chi connectivity index (χ1v) is 5.82. The lowest BCUT2D eigenvalue weighted by atomic mass is 9.89. The van der Waals surface area contributed by atoms with Crippen molar-refractivity contribution in [3.8, 4) is 0 Å². The molecule has 1 heterocycles. The molecule has 0 amide bonds. The summed E-state index contributed by atoms with van der Waals surface area (Å²) < 4.78 is 13.6. The topological polar surface area (TPSA) is 29.3 Å². The van der Waals surface area contributed by atoms with Crippen LogP contribution in [0.2, 0.25) is 0 Å². The molecule has 0 fully saturated rings. The van der Waals surface area contributed by atoms with Gasteiger partial charge in [0.25, 0.3) is 0 Å². The normalized spacial score (nSPS) is 20.9. The summed E-state index contributed by atoms with van der Waals surface area (Å²) >= 11 is 0. The number of hydrogen-bond donors (Lipinski definition) is 1. The van der Waals surface area contributed by atoms with Gasteiger partial charge in [0.1, 0.15) is 5.82 Å². The lowest BCUT2D eigenvalue weighted by molar-refractivity contribution is 0.221. The molecule has 0 aliphatic carbocycles. The van der Waals surface area contributed by atoms with Crippen LogP contribution in [0.15, 0.2) is 12.1 Å². The quantitative estimate of drug-likeness (QED) is 0.829. The maximum Gasteiger partial charge on any atom is 0.126 e. The van der Waals surface area contributed by atoms with Gasteiger partial charge in [-0.1, -0.05) is 6.07 Å². The fourth-order valence-corrected chi connectivity index (χ4v) is 2.51. The van der Waals surface area contributed by atoms with Gasteiger partial charge in [0.15, 0.2) is 0 Å². The average Bonchev–Trinajstić information content (AvgIpc) is 2.25. The number of nitrogens with two attached hydrogens (primary N) is 1. The van der Waals surface area contributed by atoms with Gasteiger partial charge in [-0.2, -0.15) is 0 Å². The molecule has 2 N–H and O–H groups in total. The van der Waals surface area contributed by atoms with Crippen LogP contribution in [0, 0.1) is 12.7 Å². The Balaban J connectivity index is 2.42. The van der Waals surface area contributed by atoms with Crippen LogP contribution >= 0.6 is 0 Å². The summed E-state index contributed by atoms with van der Waals surface area (Å²) in [5, 5.41) is 0. The van der Waals surface area contributed by atoms with Crippen molar-refractivity contribution in [1.82, 2.24) is 4.90 Å². The van der Waals surface area contributed by atoms with E-state index in [1.54, 1.807) is 6.07 Å². The molecule has 0 spiro atoms. The van der Waals surface area contributed by atoms with Crippen molar-refractivity contribution in [2.75, 3.05) is 20.1 Å². The van der Waals surface area contributed by atoms with Crippen LogP contribution in [0.25, 0.3) is 0 Å². The minimum absolute atomic E-state index is 0.101. The molecule has 0 saturated carbocycles. The summed E-state index contributed by atoms with van der Waals surface area (Å²) in [4.78, 5) is 2.27. The number of benzene rings is 1. The van der Waals surface area contributed by atoms with Gasteiger partial charge in [-0.15, -0.1) is 0 Å². The van der Waals surface area contributed by atoms with Crippen LogP contribution in [0.1, 0.15) is 29.2 Å². The second-order valence-corrected chi connectivity index (χ2v) is 4.62. The van der Waals surface area contributed by atoms with Gasteiger partial charge in [0.05, 0.1) is 0 Å². The van der Waals surface area contributed by atoms with Gasteiger partial charge in [-0.25, -0.2) is 4.39 Å². The largest absolute Gasteiger partial charge is 0.330 e. The highest BCUT2D eigenvalue weighted by atomic mass is 19.1. The van der Waals surface area contributed by atoms with Crippen molar-refractivity contribution in [3.63, 3.8) is 0 Å². The predicted molar refractivity (Wildman–Crippen MR) is 63.9 cm³/mol. The van der Waals surface area contributed by atoms with Gasteiger partial charge < -0.3 is 5.73 Å². The lowest BCUT2D eigenvalue weighted by Crippen LogP contribution is -2.33. The minimum Gasteiger partial charge on any atom is -0.330 e. The van der Waals surface area contributed by atoms with E-state index in [-0.39, 0.29) is 11.9 Å². The Morgan fingerprint density at radius 1 is 1.50 bits per heavy atom. The van der Waals surface area contributed by atoms with Crippen LogP contribution in [-0.2, 0) is 6.42 Å². The average molecular weight is 222 g/mol. The van der Waals surface area contributed by atoms with Crippen LogP contribution in [0.4, 0.5) is 4.39 Å². The first-order chi connectivity index (χ1) is 7.63. The van der Waals surface area contributed by atoms with Gasteiger partial charge >= 0.3 is 0 Å². The van der Waals surface area contributed by atoms with E-state index >= 15 is 0 Å². The minimum atomic E-state index is -0.101. The summed E-state index contributed by atoms with van der Waals surface area (Å²) in [7, 11) is 2.08. The smallest absolute Gasteiger partial charge is 0.126 e. The predicted octanol–water partition coefficient (Wildman–Crippen LogP) is 2.01. The first kappa shape index (κ1) is 11.6. The molecule has 16 heavy (non-hydrogen) atoms. The van der Waals surface area contributed by atoms with E-state index in [2.05, 4.69) is 11.9 Å². The van der Waals surface area contributed by atoms with Crippen molar-refractivity contribution in [1.29, 1.82) is 0 Å². The summed E-state index contributed by atoms with van der Waals surface area (Å²) in [6.07, 6.45) is 1.90. The van der Waals surface area contributed by atoms with Gasteiger partial charge in [-0.05, 0) is 56.1 Å². The molecule has 1 aliphatic heterocycles. The highest BCUT2D eigenvalue weighted by molar-refractivity contribution is 5.36. The highest BCUT2D eigenvalue weighted by Crippen LogP contribution is 2.32. The maximum absolute atomic E-state index is 13.6. The SMILES string of the molecule is Cc1cc2c(cc1F)C(CCN)N(C)CC2. The number of aryl methyl sites for hydroxylation is 1. The molecular formula is C13H19FN2. The molecule has 1 atom stereocenters. The standard InChI is InChI=1S/C13H19FN2/c1-9-7-10-4-6-16(2)13(3-5-15)11(10)8-12(9)14/h7-8,13H,3-6,15H2,1-2H3. The van der Waals surface area contributed by atoms with E-state index in [0.717, 1.165) is 30.5 Å². The number of halogens is 1. The van der Waals surface area contributed by atoms with Gasteiger partial charge in [0, 0.05) is 12.6 Å². The molecule has 0 aromatic heterocycles. The third-order valence-corrected chi connectivity index (χ3v) is 3.49. The summed E-state index contributed by atoms with van der Waals surface area (Å²) in [5.74, 6) is -0.101. The molecule has 1 unspecified atom stereocenters. The van der Waals surface area contributed by atoms with Gasteiger partial charge in [0.2, 0.25) is 0 Å². The van der Waals surface area contributed by atoms with Crippen molar-refractivity contribution in [2.24, 2.45) is 5.73 Å². The summed E-state index contributed by atoms with van der Waals surface area (Å²) in [6, 6.07) is 3.96. The van der Waals surface area contributed by atoms with Crippen LogP contribution in [0.5, 0.6) is 0 Å². The van der Waals surface area contributed by atoms with E-state index in [1.165, 1.54) is 5.56 Å². The molecule has 0 saturated heterocycles. The summed E-state index contributed by atoms with van der Waals surface area (Å²) in [6.45, 7) is 3.50. The van der Waals surface area contributed by atoms with Crippen molar-refractivity contribution >= 4 is 0 Å². The van der Waals surface area contributed by atoms with E-state index in [4.69, 9.17) is 5.73 Å². The van der Waals surface area contributed by atoms with E-state index < -0.39 is 0 Å². The monoisotopic (exact) mass is 222 g/mol. The highest BCUT2D eigenvalue weighted by Gasteiger charge is 2.24. The maximum atomic E-state index is 13.6. The molecular weight excluding hydrogens is 203 g/mol. The molecule has 2 rings (SSSR count). The molecule has 2 nitrogen and oxygen atoms in total. The molecule has 88 valence electrons. The molecule has 1 aromatic rings. The second-order valence-electron chi connectivity index (χ2n) is 4.62. The number of fused-ring (bicyclic) bond motifs is 1. The summed E-state index contributed by atoms with van der Waals surface area (Å²) in [5.41, 5.74) is 8.79. The third kappa shape index (κ3) is 1.97. The van der Waals surface area contributed by atoms with Crippen LogP contribution in [0.3, 0.4) is 0 Å². The molecule has 0 bridgehead atoms. The molecule has 1 aromatic carbocycles. The Labute approximate surface area is 96.2 Å². The van der Waals surface area contributed by atoms with Crippen LogP contribution in [-0.4, -0.2) is 25.0 Å². The Bertz CT molecular complexity index is 390. The number of nitrogens with zero attached hydrogens (tertiary/aromatic N) is 1. The van der Waals surface area contributed by atoms with E-state index in [9.17, 15) is 4.39 Å².